The highest BCUT2D eigenvalue weighted by Gasteiger charge is 2.27. The quantitative estimate of drug-likeness (QED) is 0.332. The van der Waals surface area contributed by atoms with Gasteiger partial charge in [0.2, 0.25) is 5.95 Å². The summed E-state index contributed by atoms with van der Waals surface area (Å²) in [6.07, 6.45) is 4.59. The van der Waals surface area contributed by atoms with Gasteiger partial charge in [0.05, 0.1) is 19.4 Å². The summed E-state index contributed by atoms with van der Waals surface area (Å²) in [5, 5.41) is 0.268. The van der Waals surface area contributed by atoms with Crippen LogP contribution in [0.3, 0.4) is 0 Å². The summed E-state index contributed by atoms with van der Waals surface area (Å²) in [7, 11) is 0. The Morgan fingerprint density at radius 2 is 1.76 bits per heavy atom. The molecule has 3 aromatic heterocycles. The second-order valence-corrected chi connectivity index (χ2v) is 9.54. The molecule has 10 heteroatoms. The van der Waals surface area contributed by atoms with Gasteiger partial charge in [-0.1, -0.05) is 31.5 Å². The summed E-state index contributed by atoms with van der Waals surface area (Å²) < 4.78 is 24.6. The van der Waals surface area contributed by atoms with Gasteiger partial charge in [-0.15, -0.1) is 0 Å². The van der Waals surface area contributed by atoms with E-state index in [9.17, 15) is 14.0 Å². The highest BCUT2D eigenvalue weighted by molar-refractivity contribution is 6.31. The molecule has 0 aliphatic carbocycles. The predicted molar refractivity (Wildman–Crippen MR) is 144 cm³/mol. The SMILES string of the molecule is CC.CC(C)n1c(=O)n(Cc2ccco2)c(=O)c2c1nc(N1CCCCC1)n2Cc1c(F)cccc1Cl. The third-order valence-electron chi connectivity index (χ3n) is 6.47. The van der Waals surface area contributed by atoms with Crippen LogP contribution in [0.2, 0.25) is 5.02 Å². The molecule has 0 atom stereocenters. The van der Waals surface area contributed by atoms with Crippen LogP contribution in [-0.4, -0.2) is 31.8 Å². The van der Waals surface area contributed by atoms with E-state index in [1.807, 2.05) is 27.7 Å². The number of hydrogen-bond acceptors (Lipinski definition) is 5. The van der Waals surface area contributed by atoms with E-state index in [-0.39, 0.29) is 35.2 Å². The van der Waals surface area contributed by atoms with Gasteiger partial charge >= 0.3 is 5.69 Å². The van der Waals surface area contributed by atoms with E-state index in [0.29, 0.717) is 17.4 Å². The van der Waals surface area contributed by atoms with Crippen LogP contribution in [-0.2, 0) is 13.1 Å². The predicted octanol–water partition coefficient (Wildman–Crippen LogP) is 5.44. The topological polar surface area (TPSA) is 78.2 Å². The Kier molecular flexibility index (Phi) is 8.22. The summed E-state index contributed by atoms with van der Waals surface area (Å²) in [6.45, 7) is 9.27. The first kappa shape index (κ1) is 26.7. The molecule has 1 aromatic carbocycles. The maximum atomic E-state index is 14.8. The smallest absolute Gasteiger partial charge is 0.333 e. The van der Waals surface area contributed by atoms with Crippen LogP contribution >= 0.6 is 11.6 Å². The molecular formula is C27H33ClFN5O3. The van der Waals surface area contributed by atoms with E-state index in [1.165, 1.54) is 16.9 Å². The molecule has 37 heavy (non-hydrogen) atoms. The second kappa shape index (κ2) is 11.4. The van der Waals surface area contributed by atoms with E-state index in [2.05, 4.69) is 4.90 Å². The van der Waals surface area contributed by atoms with E-state index in [0.717, 1.165) is 36.9 Å². The molecule has 0 bridgehead atoms. The van der Waals surface area contributed by atoms with Crippen molar-refractivity contribution in [2.24, 2.45) is 0 Å². The Bertz CT molecular complexity index is 1460. The molecular weight excluding hydrogens is 497 g/mol. The average molecular weight is 530 g/mol. The number of anilines is 1. The highest BCUT2D eigenvalue weighted by atomic mass is 35.5. The van der Waals surface area contributed by atoms with Crippen LogP contribution in [0.5, 0.6) is 0 Å². The molecule has 4 aromatic rings. The van der Waals surface area contributed by atoms with Gasteiger partial charge < -0.3 is 9.32 Å². The zero-order valence-electron chi connectivity index (χ0n) is 21.7. The van der Waals surface area contributed by atoms with Crippen LogP contribution in [0.4, 0.5) is 10.3 Å². The standard InChI is InChI=1S/C25H27ClFN5O3.C2H6/c1-16(2)32-22-21(23(33)31(25(32)34)14-17-8-7-13-35-17)30(15-18-19(26)9-6-10-20(18)27)24(28-22)29-11-4-3-5-12-29;1-2/h6-10,13,16H,3-5,11-12,14-15H2,1-2H3;1-2H3. The molecule has 1 saturated heterocycles. The molecule has 0 saturated carbocycles. The van der Waals surface area contributed by atoms with Gasteiger partial charge in [-0.3, -0.25) is 18.5 Å². The molecule has 0 unspecified atom stereocenters. The highest BCUT2D eigenvalue weighted by Crippen LogP contribution is 2.28. The molecule has 4 heterocycles. The molecule has 1 aliphatic heterocycles. The number of rotatable bonds is 6. The van der Waals surface area contributed by atoms with Crippen molar-refractivity contribution in [3.63, 3.8) is 0 Å². The van der Waals surface area contributed by atoms with Crippen molar-refractivity contribution in [1.82, 2.24) is 18.7 Å². The molecule has 0 spiro atoms. The van der Waals surface area contributed by atoms with Crippen molar-refractivity contribution in [2.75, 3.05) is 18.0 Å². The van der Waals surface area contributed by atoms with Crippen LogP contribution in [0.25, 0.3) is 11.2 Å². The Morgan fingerprint density at radius 1 is 1.03 bits per heavy atom. The fourth-order valence-corrected chi connectivity index (χ4v) is 4.96. The summed E-state index contributed by atoms with van der Waals surface area (Å²) >= 11 is 6.37. The van der Waals surface area contributed by atoms with Crippen LogP contribution in [0, 0.1) is 5.82 Å². The van der Waals surface area contributed by atoms with Crippen molar-refractivity contribution >= 4 is 28.7 Å². The number of hydrogen-bond donors (Lipinski definition) is 0. The van der Waals surface area contributed by atoms with Gasteiger partial charge in [0.25, 0.3) is 5.56 Å². The van der Waals surface area contributed by atoms with Crippen molar-refractivity contribution in [3.05, 3.63) is 79.6 Å². The molecule has 0 N–H and O–H groups in total. The molecule has 8 nitrogen and oxygen atoms in total. The van der Waals surface area contributed by atoms with E-state index in [1.54, 1.807) is 28.8 Å². The Hall–Kier alpha value is -3.33. The Morgan fingerprint density at radius 3 is 2.38 bits per heavy atom. The third-order valence-corrected chi connectivity index (χ3v) is 6.82. The van der Waals surface area contributed by atoms with Gasteiger partial charge in [-0.05, 0) is 57.4 Å². The zero-order chi connectivity index (χ0) is 26.7. The van der Waals surface area contributed by atoms with Crippen molar-refractivity contribution in [2.45, 2.75) is 66.1 Å². The van der Waals surface area contributed by atoms with Gasteiger partial charge in [0.15, 0.2) is 11.2 Å². The van der Waals surface area contributed by atoms with Gasteiger partial charge in [0.1, 0.15) is 11.6 Å². The molecule has 0 amide bonds. The average Bonchev–Trinajstić information content (AvgIpc) is 3.54. The molecule has 0 radical (unpaired) electrons. The number of benzene rings is 1. The first-order valence-corrected chi connectivity index (χ1v) is 13.2. The second-order valence-electron chi connectivity index (χ2n) is 9.14. The monoisotopic (exact) mass is 529 g/mol. The lowest BCUT2D eigenvalue weighted by atomic mass is 10.1. The fraction of sp³-hybridized carbons (Fsp3) is 0.444. The minimum Gasteiger partial charge on any atom is -0.467 e. The lowest BCUT2D eigenvalue weighted by Gasteiger charge is -2.28. The fourth-order valence-electron chi connectivity index (χ4n) is 4.73. The number of piperidine rings is 1. The number of fused-ring (bicyclic) bond motifs is 1. The van der Waals surface area contributed by atoms with Gasteiger partial charge in [-0.2, -0.15) is 4.98 Å². The number of furan rings is 1. The number of imidazole rings is 1. The summed E-state index contributed by atoms with van der Waals surface area (Å²) in [4.78, 5) is 34.2. The summed E-state index contributed by atoms with van der Waals surface area (Å²) in [6, 6.07) is 7.68. The Balaban J connectivity index is 0.00000156. The maximum Gasteiger partial charge on any atom is 0.333 e. The lowest BCUT2D eigenvalue weighted by molar-refractivity contribution is 0.468. The van der Waals surface area contributed by atoms with Gasteiger partial charge in [0, 0.05) is 29.7 Å². The van der Waals surface area contributed by atoms with E-state index < -0.39 is 17.1 Å². The summed E-state index contributed by atoms with van der Waals surface area (Å²) in [5.41, 5.74) is -0.163. The number of aromatic nitrogens is 4. The van der Waals surface area contributed by atoms with Crippen LogP contribution in [0.1, 0.15) is 64.3 Å². The van der Waals surface area contributed by atoms with Crippen molar-refractivity contribution < 1.29 is 8.81 Å². The van der Waals surface area contributed by atoms with Crippen molar-refractivity contribution in [1.29, 1.82) is 0 Å². The first-order chi connectivity index (χ1) is 17.9. The number of halogens is 2. The minimum absolute atomic E-state index is 0.0140. The molecule has 5 rings (SSSR count). The van der Waals surface area contributed by atoms with Crippen LogP contribution in [0.15, 0.2) is 50.6 Å². The minimum atomic E-state index is -0.499. The maximum absolute atomic E-state index is 14.8. The van der Waals surface area contributed by atoms with E-state index in [4.69, 9.17) is 21.0 Å². The normalized spacial score (nSPS) is 13.8. The third kappa shape index (κ3) is 5.09. The lowest BCUT2D eigenvalue weighted by Crippen LogP contribution is -2.41. The van der Waals surface area contributed by atoms with E-state index >= 15 is 0 Å². The molecule has 1 fully saturated rings. The molecule has 198 valence electrons. The number of nitrogens with zero attached hydrogens (tertiary/aromatic N) is 5. The van der Waals surface area contributed by atoms with Crippen LogP contribution < -0.4 is 16.1 Å². The summed E-state index contributed by atoms with van der Waals surface area (Å²) in [5.74, 6) is 0.566. The van der Waals surface area contributed by atoms with Crippen molar-refractivity contribution in [3.8, 4) is 0 Å². The largest absolute Gasteiger partial charge is 0.467 e. The van der Waals surface area contributed by atoms with Gasteiger partial charge in [-0.25, -0.2) is 9.18 Å². The zero-order valence-corrected chi connectivity index (χ0v) is 22.5. The molecule has 1 aliphatic rings. The Labute approximate surface area is 219 Å². The first-order valence-electron chi connectivity index (χ1n) is 12.8.